The minimum Gasteiger partial charge on any atom is -0.326 e. The molecule has 1 unspecified atom stereocenters. The average Bonchev–Trinajstić information content (AvgIpc) is 2.80. The van der Waals surface area contributed by atoms with E-state index in [0.29, 0.717) is 11.4 Å². The minimum absolute atomic E-state index is 0.00602. The van der Waals surface area contributed by atoms with Crippen LogP contribution in [0.1, 0.15) is 21.5 Å². The summed E-state index contributed by atoms with van der Waals surface area (Å²) in [6.07, 6.45) is 0.440. The molecule has 1 aliphatic rings. The molecule has 20 heavy (non-hydrogen) atoms. The van der Waals surface area contributed by atoms with Gasteiger partial charge in [0, 0.05) is 10.2 Å². The molecule has 1 aliphatic heterocycles. The van der Waals surface area contributed by atoms with E-state index in [1.807, 2.05) is 36.4 Å². The lowest BCUT2D eigenvalue weighted by Gasteiger charge is -2.14. The number of benzene rings is 2. The maximum absolute atomic E-state index is 11.4. The molecular formula is C15H10Br2ClNO. The fraction of sp³-hybridized carbons (Fsp3) is 0.133. The summed E-state index contributed by atoms with van der Waals surface area (Å²) in [6, 6.07) is 11.8. The third-order valence-electron chi connectivity index (χ3n) is 3.30. The van der Waals surface area contributed by atoms with Gasteiger partial charge in [-0.15, -0.1) is 0 Å². The Morgan fingerprint density at radius 2 is 2.05 bits per heavy atom. The number of alkyl halides is 1. The highest BCUT2D eigenvalue weighted by Gasteiger charge is 2.21. The molecule has 1 heterocycles. The maximum atomic E-state index is 11.4. The number of hydrogen-bond acceptors (Lipinski definition) is 1. The Morgan fingerprint density at radius 3 is 2.85 bits per heavy atom. The van der Waals surface area contributed by atoms with Crippen LogP contribution in [-0.2, 0) is 11.2 Å². The average molecular weight is 416 g/mol. The van der Waals surface area contributed by atoms with Gasteiger partial charge in [0.15, 0.2) is 0 Å². The molecule has 0 radical (unpaired) electrons. The van der Waals surface area contributed by atoms with E-state index in [0.717, 1.165) is 26.9 Å². The molecule has 5 heteroatoms. The number of nitrogens with one attached hydrogen (secondary N) is 1. The molecular weight excluding hydrogens is 405 g/mol. The van der Waals surface area contributed by atoms with Gasteiger partial charge in [-0.2, -0.15) is 0 Å². The van der Waals surface area contributed by atoms with Crippen LogP contribution < -0.4 is 5.32 Å². The Balaban J connectivity index is 1.99. The Labute approximate surface area is 138 Å². The van der Waals surface area contributed by atoms with E-state index < -0.39 is 0 Å². The summed E-state index contributed by atoms with van der Waals surface area (Å²) in [5.74, 6) is 0.0451. The van der Waals surface area contributed by atoms with Crippen molar-refractivity contribution < 1.29 is 4.79 Å². The van der Waals surface area contributed by atoms with E-state index in [2.05, 4.69) is 37.2 Å². The van der Waals surface area contributed by atoms with Crippen LogP contribution in [0, 0.1) is 0 Å². The summed E-state index contributed by atoms with van der Waals surface area (Å²) in [4.78, 5) is 11.4. The Morgan fingerprint density at radius 1 is 1.25 bits per heavy atom. The van der Waals surface area contributed by atoms with Crippen molar-refractivity contribution in [3.63, 3.8) is 0 Å². The summed E-state index contributed by atoms with van der Waals surface area (Å²) in [7, 11) is 0. The van der Waals surface area contributed by atoms with Gasteiger partial charge in [0.25, 0.3) is 0 Å². The molecule has 0 aromatic heterocycles. The molecule has 1 amide bonds. The maximum Gasteiger partial charge on any atom is 0.228 e. The largest absolute Gasteiger partial charge is 0.326 e. The third kappa shape index (κ3) is 2.52. The van der Waals surface area contributed by atoms with Crippen LogP contribution in [0.25, 0.3) is 0 Å². The highest BCUT2D eigenvalue weighted by Crippen LogP contribution is 2.39. The zero-order valence-electron chi connectivity index (χ0n) is 10.3. The van der Waals surface area contributed by atoms with Crippen molar-refractivity contribution in [1.82, 2.24) is 0 Å². The molecule has 0 spiro atoms. The van der Waals surface area contributed by atoms with Crippen LogP contribution in [0.4, 0.5) is 5.69 Å². The fourth-order valence-electron chi connectivity index (χ4n) is 2.30. The molecule has 2 aromatic carbocycles. The molecule has 102 valence electrons. The minimum atomic E-state index is -0.00602. The molecule has 0 aliphatic carbocycles. The first kappa shape index (κ1) is 14.1. The third-order valence-corrected chi connectivity index (χ3v) is 5.63. The molecule has 0 saturated heterocycles. The number of amides is 1. The van der Waals surface area contributed by atoms with Crippen LogP contribution in [0.3, 0.4) is 0 Å². The van der Waals surface area contributed by atoms with Crippen LogP contribution >= 0.6 is 43.5 Å². The quantitative estimate of drug-likeness (QED) is 0.681. The summed E-state index contributed by atoms with van der Waals surface area (Å²) < 4.78 is 0.874. The second-order valence-electron chi connectivity index (χ2n) is 4.65. The molecule has 0 bridgehead atoms. The number of hydrogen-bond donors (Lipinski definition) is 1. The molecule has 2 aromatic rings. The zero-order chi connectivity index (χ0) is 14.3. The predicted molar refractivity (Wildman–Crippen MR) is 88.7 cm³/mol. The van der Waals surface area contributed by atoms with Crippen LogP contribution in [0.15, 0.2) is 40.9 Å². The van der Waals surface area contributed by atoms with E-state index in [1.165, 1.54) is 0 Å². The number of fused-ring (bicyclic) bond motifs is 1. The van der Waals surface area contributed by atoms with Gasteiger partial charge >= 0.3 is 0 Å². The van der Waals surface area contributed by atoms with Crippen molar-refractivity contribution in [2.24, 2.45) is 0 Å². The van der Waals surface area contributed by atoms with E-state index in [4.69, 9.17) is 11.6 Å². The van der Waals surface area contributed by atoms with Gasteiger partial charge in [0.2, 0.25) is 5.91 Å². The molecule has 1 N–H and O–H groups in total. The Bertz CT molecular complexity index is 702. The van der Waals surface area contributed by atoms with Gasteiger partial charge < -0.3 is 5.32 Å². The lowest BCUT2D eigenvalue weighted by molar-refractivity contribution is -0.115. The second kappa shape index (κ2) is 5.51. The van der Waals surface area contributed by atoms with E-state index in [9.17, 15) is 4.79 Å². The summed E-state index contributed by atoms with van der Waals surface area (Å²) >= 11 is 13.5. The molecule has 0 fully saturated rings. The lowest BCUT2D eigenvalue weighted by atomic mass is 10.0. The van der Waals surface area contributed by atoms with E-state index in [-0.39, 0.29) is 10.7 Å². The van der Waals surface area contributed by atoms with Crippen LogP contribution in [0.2, 0.25) is 5.02 Å². The first-order valence-electron chi connectivity index (χ1n) is 6.07. The van der Waals surface area contributed by atoms with Crippen molar-refractivity contribution in [2.45, 2.75) is 11.2 Å². The Kier molecular flexibility index (Phi) is 3.89. The van der Waals surface area contributed by atoms with Gasteiger partial charge in [0.05, 0.1) is 16.3 Å². The molecule has 3 rings (SSSR count). The molecule has 1 atom stereocenters. The first-order chi connectivity index (χ1) is 9.56. The number of anilines is 1. The molecule has 0 saturated carbocycles. The van der Waals surface area contributed by atoms with Gasteiger partial charge in [-0.25, -0.2) is 0 Å². The number of rotatable bonds is 2. The van der Waals surface area contributed by atoms with Crippen molar-refractivity contribution in [2.75, 3.05) is 5.32 Å². The summed E-state index contributed by atoms with van der Waals surface area (Å²) in [5, 5.41) is 3.53. The number of carbonyl (C=O) groups is 1. The highest BCUT2D eigenvalue weighted by molar-refractivity contribution is 9.10. The van der Waals surface area contributed by atoms with E-state index in [1.54, 1.807) is 0 Å². The summed E-state index contributed by atoms with van der Waals surface area (Å²) in [6.45, 7) is 0. The predicted octanol–water partition coefficient (Wildman–Crippen LogP) is 5.08. The SMILES string of the molecule is O=C1Cc2cc(C(Br)c3cccc(Br)c3Cl)ccc2N1. The Hall–Kier alpha value is -0.840. The number of halogens is 3. The summed E-state index contributed by atoms with van der Waals surface area (Å²) in [5.41, 5.74) is 4.01. The standard InChI is InChI=1S/C15H10Br2ClNO/c16-11-3-1-2-10(15(11)18)14(17)8-4-5-12-9(6-8)7-13(20)19-12/h1-6,14H,7H2,(H,19,20). The highest BCUT2D eigenvalue weighted by atomic mass is 79.9. The van der Waals surface area contributed by atoms with Gasteiger partial charge in [-0.1, -0.05) is 51.8 Å². The van der Waals surface area contributed by atoms with Crippen LogP contribution in [0.5, 0.6) is 0 Å². The van der Waals surface area contributed by atoms with Crippen molar-refractivity contribution in [3.05, 3.63) is 62.6 Å². The lowest BCUT2D eigenvalue weighted by Crippen LogP contribution is -2.03. The van der Waals surface area contributed by atoms with E-state index >= 15 is 0 Å². The van der Waals surface area contributed by atoms with Crippen LogP contribution in [-0.4, -0.2) is 5.91 Å². The van der Waals surface area contributed by atoms with Gasteiger partial charge in [0.1, 0.15) is 0 Å². The smallest absolute Gasteiger partial charge is 0.228 e. The number of carbonyl (C=O) groups excluding carboxylic acids is 1. The zero-order valence-corrected chi connectivity index (χ0v) is 14.2. The fourth-order valence-corrected chi connectivity index (χ4v) is 3.72. The molecule has 2 nitrogen and oxygen atoms in total. The van der Waals surface area contributed by atoms with Crippen molar-refractivity contribution in [3.8, 4) is 0 Å². The monoisotopic (exact) mass is 413 g/mol. The van der Waals surface area contributed by atoms with Gasteiger partial charge in [-0.3, -0.25) is 4.79 Å². The van der Waals surface area contributed by atoms with Crippen molar-refractivity contribution in [1.29, 1.82) is 0 Å². The topological polar surface area (TPSA) is 29.1 Å². The normalized spacial score (nSPS) is 14.8. The van der Waals surface area contributed by atoms with Crippen molar-refractivity contribution >= 4 is 55.1 Å². The van der Waals surface area contributed by atoms with Gasteiger partial charge in [-0.05, 0) is 44.8 Å². The second-order valence-corrected chi connectivity index (χ2v) is 6.80. The first-order valence-corrected chi connectivity index (χ1v) is 8.15.